The van der Waals surface area contributed by atoms with Crippen molar-refractivity contribution in [3.63, 3.8) is 0 Å². The van der Waals surface area contributed by atoms with E-state index in [2.05, 4.69) is 105 Å². The molecule has 1 aliphatic carbocycles. The molecule has 0 heterocycles. The van der Waals surface area contributed by atoms with Gasteiger partial charge in [0.1, 0.15) is 86.7 Å². The van der Waals surface area contributed by atoms with Crippen LogP contribution < -0.4 is 18.9 Å². The van der Waals surface area contributed by atoms with E-state index in [0.29, 0.717) is 94.2 Å². The van der Waals surface area contributed by atoms with Crippen molar-refractivity contribution in [1.82, 2.24) is 0 Å². The second-order valence-electron chi connectivity index (χ2n) is 30.0. The monoisotopic (exact) mass is 1670 g/mol. The molecule has 8 bridgehead atoms. The molecule has 0 atom stereocenters. The number of carbonyl (C=O) groups excluding carboxylic acids is 12. The zero-order valence-corrected chi connectivity index (χ0v) is 71.8. The normalized spacial score (nSPS) is 11.3. The molecular weight excluding hydrogens is 1550 g/mol. The van der Waals surface area contributed by atoms with Crippen molar-refractivity contribution < 1.29 is 124 Å². The third-order valence-electron chi connectivity index (χ3n) is 19.4. The summed E-state index contributed by atoms with van der Waals surface area (Å²) in [6.07, 6.45) is 16.2. The zero-order valence-electron chi connectivity index (χ0n) is 71.8. The molecule has 0 aliphatic heterocycles. The molecule has 4 aromatic carbocycles. The van der Waals surface area contributed by atoms with Gasteiger partial charge in [-0.3, -0.25) is 38.4 Å². The lowest BCUT2D eigenvalue weighted by Crippen LogP contribution is -2.17. The maximum Gasteiger partial charge on any atom is 0.336 e. The number of esters is 10. The van der Waals surface area contributed by atoms with Crippen LogP contribution in [-0.2, 0) is 156 Å². The summed E-state index contributed by atoms with van der Waals surface area (Å²) in [4.78, 5) is 149. The van der Waals surface area contributed by atoms with Gasteiger partial charge in [-0.15, -0.1) is 0 Å². The van der Waals surface area contributed by atoms with E-state index >= 15 is 0 Å². The number of Topliss-reactive ketones (excluding diaryl/α,β-unsaturated/α-hetero) is 2. The van der Waals surface area contributed by atoms with Crippen LogP contribution >= 0.6 is 0 Å². The Morgan fingerprint density at radius 2 is 0.500 bits per heavy atom. The van der Waals surface area contributed by atoms with Gasteiger partial charge in [0.25, 0.3) is 0 Å². The molecular formula is C94H124O26. The molecule has 5 rings (SSSR count). The number of ether oxygens (including phenoxy) is 14. The van der Waals surface area contributed by atoms with Gasteiger partial charge in [0.15, 0.2) is 0 Å². The highest BCUT2D eigenvalue weighted by Gasteiger charge is 2.27. The SMILES string of the molecule is C=C(COC(=O)CC(C)=O)C(=O)OCCCc1cc2c(OC)c(c1)Cc1cc(CCCOC(=O)C(=C)COC(=O)CC(=O)OC)cc(c1OCCCCCCC)Cc1cc(CCCOC(=O)C(=C)COC(=O)CC(=O)OC)cc(c1OCCCCCCC)Cc1cc(CCCOC(=O)C(=C)COC(=O)CC(C)=O)cc(c1OCCCCCCC)C2. The molecule has 0 amide bonds. The Hall–Kier alpha value is -10.9. The first-order chi connectivity index (χ1) is 57.7. The van der Waals surface area contributed by atoms with Crippen molar-refractivity contribution in [3.8, 4) is 23.0 Å². The van der Waals surface area contributed by atoms with Crippen molar-refractivity contribution in [1.29, 1.82) is 0 Å². The van der Waals surface area contributed by atoms with Gasteiger partial charge in [0.05, 0.1) is 89.9 Å². The smallest absolute Gasteiger partial charge is 0.336 e. The van der Waals surface area contributed by atoms with Crippen molar-refractivity contribution in [2.24, 2.45) is 0 Å². The van der Waals surface area contributed by atoms with Crippen molar-refractivity contribution in [2.75, 3.05) is 94.0 Å². The highest BCUT2D eigenvalue weighted by molar-refractivity contribution is 5.96. The molecule has 0 spiro atoms. The predicted molar refractivity (Wildman–Crippen MR) is 448 cm³/mol. The lowest BCUT2D eigenvalue weighted by Gasteiger charge is -2.25. The molecule has 4 aromatic rings. The molecule has 0 N–H and O–H groups in total. The fourth-order valence-corrected chi connectivity index (χ4v) is 13.3. The van der Waals surface area contributed by atoms with E-state index in [9.17, 15) is 57.5 Å². The number of aryl methyl sites for hydroxylation is 4. The van der Waals surface area contributed by atoms with Crippen LogP contribution in [0.3, 0.4) is 0 Å². The van der Waals surface area contributed by atoms with Crippen molar-refractivity contribution >= 4 is 71.3 Å². The minimum atomic E-state index is -0.899. The quantitative estimate of drug-likeness (QED) is 0.0115. The van der Waals surface area contributed by atoms with E-state index in [-0.39, 0.29) is 74.4 Å². The molecule has 120 heavy (non-hydrogen) atoms. The van der Waals surface area contributed by atoms with E-state index in [1.165, 1.54) is 13.8 Å². The Kier molecular flexibility index (Phi) is 46.3. The number of hydrogen-bond donors (Lipinski definition) is 0. The maximum atomic E-state index is 13.4. The second kappa shape index (κ2) is 55.8. The number of carbonyl (C=O) groups is 12. The molecule has 0 saturated carbocycles. The minimum absolute atomic E-state index is 0.0372. The highest BCUT2D eigenvalue weighted by Crippen LogP contribution is 2.42. The van der Waals surface area contributed by atoms with E-state index in [4.69, 9.17) is 56.8 Å². The summed E-state index contributed by atoms with van der Waals surface area (Å²) in [6, 6.07) is 16.9. The fraction of sp³-hybridized carbons (Fsp3) is 0.532. The van der Waals surface area contributed by atoms with Gasteiger partial charge in [-0.1, -0.05) is 173 Å². The highest BCUT2D eigenvalue weighted by atomic mass is 16.6. The average Bonchev–Trinajstić information content (AvgIpc) is 0.772. The van der Waals surface area contributed by atoms with Gasteiger partial charge in [-0.2, -0.15) is 0 Å². The van der Waals surface area contributed by atoms with Gasteiger partial charge in [0, 0.05) is 25.7 Å². The zero-order chi connectivity index (χ0) is 87.7. The molecule has 0 fully saturated rings. The Bertz CT molecular complexity index is 4090. The minimum Gasteiger partial charge on any atom is -0.496 e. The molecule has 26 heteroatoms. The number of ketones is 2. The van der Waals surface area contributed by atoms with Crippen LogP contribution in [0.5, 0.6) is 23.0 Å². The van der Waals surface area contributed by atoms with E-state index in [1.54, 1.807) is 7.11 Å². The van der Waals surface area contributed by atoms with Crippen LogP contribution in [0.1, 0.15) is 249 Å². The topological polar surface area (TPSA) is 334 Å². The first kappa shape index (κ1) is 99.6. The number of hydrogen-bond acceptors (Lipinski definition) is 26. The first-order valence-corrected chi connectivity index (χ1v) is 41.8. The van der Waals surface area contributed by atoms with Crippen molar-refractivity contribution in [2.45, 2.75) is 234 Å². The third-order valence-corrected chi connectivity index (χ3v) is 19.4. The Labute approximate surface area is 706 Å². The van der Waals surface area contributed by atoms with E-state index in [1.807, 2.05) is 0 Å². The molecule has 0 radical (unpaired) electrons. The third kappa shape index (κ3) is 37.6. The summed E-state index contributed by atoms with van der Waals surface area (Å²) in [7, 11) is 3.91. The summed E-state index contributed by atoms with van der Waals surface area (Å²) in [5.41, 5.74) is 9.52. The van der Waals surface area contributed by atoms with Gasteiger partial charge >= 0.3 is 59.7 Å². The molecule has 0 saturated heterocycles. The summed E-state index contributed by atoms with van der Waals surface area (Å²) in [5.74, 6) is -6.36. The van der Waals surface area contributed by atoms with E-state index in [0.717, 1.165) is 177 Å². The Morgan fingerprint density at radius 1 is 0.275 bits per heavy atom. The van der Waals surface area contributed by atoms with Crippen LogP contribution in [0.25, 0.3) is 0 Å². The lowest BCUT2D eigenvalue weighted by atomic mass is 9.87. The Morgan fingerprint density at radius 3 is 0.717 bits per heavy atom. The maximum absolute atomic E-state index is 13.4. The summed E-state index contributed by atoms with van der Waals surface area (Å²) in [5, 5.41) is 0. The molecule has 0 aromatic heterocycles. The van der Waals surface area contributed by atoms with E-state index < -0.39 is 123 Å². The summed E-state index contributed by atoms with van der Waals surface area (Å²) < 4.78 is 80.9. The number of fused-ring (bicyclic) bond motifs is 8. The number of rotatable bonds is 58. The number of benzene rings is 4. The predicted octanol–water partition coefficient (Wildman–Crippen LogP) is 14.8. The van der Waals surface area contributed by atoms with Crippen LogP contribution in [0, 0.1) is 0 Å². The van der Waals surface area contributed by atoms with Gasteiger partial charge in [0.2, 0.25) is 0 Å². The first-order valence-electron chi connectivity index (χ1n) is 41.8. The molecule has 656 valence electrons. The van der Waals surface area contributed by atoms with Crippen LogP contribution in [0.15, 0.2) is 97.1 Å². The second-order valence-corrected chi connectivity index (χ2v) is 30.0. The standard InChI is InChI=1S/C94H124O26/c1-13-16-19-22-25-36-110-88-75-47-70(33-29-40-114-92(104)64(5)60-118-84(100)44-68(9)96)49-77(88)55-79-51-72(35-31-42-116-94(106)66(7)62-120-86(102)58-82(98)108-11)52-80(90(79)112-38-27-24-21-18-15-3)56-78-50-71(34-30-41-115-93(105)65(6)61-119-85(101)57-81(97)107-10)48-76(89(78)111-37-26-23-20-17-14-2)54-74-46-69(45-73(53-75)87(74)109-12)32-28-39-113-91(103)63(4)59-117-83(99)43-67(8)95/h45-52H,4-7,13-44,53-62H2,1-3,8-12H3. The number of methoxy groups -OCH3 is 3. The van der Waals surface area contributed by atoms with Gasteiger partial charge in [-0.05, 0) is 151 Å². The fourth-order valence-electron chi connectivity index (χ4n) is 13.3. The van der Waals surface area contributed by atoms with Crippen LogP contribution in [-0.4, -0.2) is 165 Å². The molecule has 1 aliphatic rings. The van der Waals surface area contributed by atoms with Crippen LogP contribution in [0.2, 0.25) is 0 Å². The molecule has 26 nitrogen and oxygen atoms in total. The average molecular weight is 1670 g/mol. The summed E-state index contributed by atoms with van der Waals surface area (Å²) in [6.45, 7) is 23.1. The Balaban J connectivity index is 1.83. The lowest BCUT2D eigenvalue weighted by molar-refractivity contribution is -0.155. The number of unbranched alkanes of at least 4 members (excludes halogenated alkanes) is 12. The largest absolute Gasteiger partial charge is 0.496 e. The van der Waals surface area contributed by atoms with Crippen LogP contribution in [0.4, 0.5) is 0 Å². The van der Waals surface area contributed by atoms with Gasteiger partial charge in [-0.25, -0.2) is 19.2 Å². The van der Waals surface area contributed by atoms with Crippen molar-refractivity contribution in [3.05, 3.63) is 164 Å². The van der Waals surface area contributed by atoms with Gasteiger partial charge < -0.3 is 66.3 Å². The summed E-state index contributed by atoms with van der Waals surface area (Å²) >= 11 is 0. The molecule has 0 unspecified atom stereocenters.